The Hall–Kier alpha value is -1.92. The maximum Gasteiger partial charge on any atom is 0.102 e. The molecule has 0 heterocycles. The first-order valence-electron chi connectivity index (χ1n) is 7.05. The molecule has 0 saturated carbocycles. The Labute approximate surface area is 131 Å². The molecule has 0 amide bonds. The molecule has 0 radical (unpaired) electrons. The van der Waals surface area contributed by atoms with E-state index in [1.807, 2.05) is 12.1 Å². The Balaban J connectivity index is 2.26. The molecule has 0 aliphatic carbocycles. The van der Waals surface area contributed by atoms with Gasteiger partial charge in [-0.1, -0.05) is 50.7 Å². The van der Waals surface area contributed by atoms with Crippen LogP contribution in [0.2, 0.25) is 0 Å². The SMILES string of the molecule is CCC(C)(C)c1ccc(Sc2cccc(N)c2C#N)cc1. The van der Waals surface area contributed by atoms with E-state index in [4.69, 9.17) is 5.73 Å². The first-order chi connectivity index (χ1) is 9.97. The van der Waals surface area contributed by atoms with Gasteiger partial charge in [0.1, 0.15) is 6.07 Å². The summed E-state index contributed by atoms with van der Waals surface area (Å²) in [5.74, 6) is 0. The number of benzene rings is 2. The summed E-state index contributed by atoms with van der Waals surface area (Å²) < 4.78 is 0. The first kappa shape index (κ1) is 15.5. The molecule has 2 rings (SSSR count). The molecule has 0 aliphatic rings. The average molecular weight is 296 g/mol. The van der Waals surface area contributed by atoms with Crippen molar-refractivity contribution in [3.8, 4) is 6.07 Å². The molecule has 0 aromatic heterocycles. The molecule has 3 heteroatoms. The third-order valence-corrected chi connectivity index (χ3v) is 4.99. The minimum absolute atomic E-state index is 0.193. The van der Waals surface area contributed by atoms with E-state index in [2.05, 4.69) is 51.1 Å². The quantitative estimate of drug-likeness (QED) is 0.809. The van der Waals surface area contributed by atoms with Gasteiger partial charge in [-0.15, -0.1) is 0 Å². The molecule has 21 heavy (non-hydrogen) atoms. The van der Waals surface area contributed by atoms with Gasteiger partial charge in [0.25, 0.3) is 0 Å². The number of nitriles is 1. The van der Waals surface area contributed by atoms with Gasteiger partial charge in [-0.05, 0) is 41.7 Å². The predicted octanol–water partition coefficient (Wildman–Crippen LogP) is 4.98. The molecular formula is C18H20N2S. The van der Waals surface area contributed by atoms with Crippen LogP contribution in [0.4, 0.5) is 5.69 Å². The van der Waals surface area contributed by atoms with Crippen molar-refractivity contribution < 1.29 is 0 Å². The van der Waals surface area contributed by atoms with Gasteiger partial charge in [-0.25, -0.2) is 0 Å². The van der Waals surface area contributed by atoms with Crippen molar-refractivity contribution >= 4 is 17.4 Å². The van der Waals surface area contributed by atoms with Crippen molar-refractivity contribution in [2.75, 3.05) is 5.73 Å². The van der Waals surface area contributed by atoms with Crippen LogP contribution in [0.3, 0.4) is 0 Å². The molecule has 2 aromatic rings. The Kier molecular flexibility index (Phi) is 4.59. The first-order valence-corrected chi connectivity index (χ1v) is 7.86. The molecule has 0 atom stereocenters. The number of rotatable bonds is 4. The van der Waals surface area contributed by atoms with Crippen molar-refractivity contribution in [3.05, 3.63) is 53.6 Å². The molecule has 0 saturated heterocycles. The third kappa shape index (κ3) is 3.40. The second kappa shape index (κ2) is 6.24. The molecular weight excluding hydrogens is 276 g/mol. The van der Waals surface area contributed by atoms with Gasteiger partial charge >= 0.3 is 0 Å². The van der Waals surface area contributed by atoms with E-state index in [1.165, 1.54) is 5.56 Å². The summed E-state index contributed by atoms with van der Waals surface area (Å²) in [5, 5.41) is 9.22. The average Bonchev–Trinajstić information content (AvgIpc) is 2.48. The van der Waals surface area contributed by atoms with Gasteiger partial charge in [0.15, 0.2) is 0 Å². The van der Waals surface area contributed by atoms with Gasteiger partial charge in [0.05, 0.1) is 11.3 Å². The summed E-state index contributed by atoms with van der Waals surface area (Å²) in [6, 6.07) is 16.3. The summed E-state index contributed by atoms with van der Waals surface area (Å²) in [6.07, 6.45) is 1.10. The van der Waals surface area contributed by atoms with Crippen LogP contribution in [0, 0.1) is 11.3 Å². The highest BCUT2D eigenvalue weighted by molar-refractivity contribution is 7.99. The normalized spacial score (nSPS) is 11.1. The monoisotopic (exact) mass is 296 g/mol. The summed E-state index contributed by atoms with van der Waals surface area (Å²) in [7, 11) is 0. The number of nitrogens with zero attached hydrogens (tertiary/aromatic N) is 1. The second-order valence-corrected chi connectivity index (χ2v) is 6.81. The van der Waals surface area contributed by atoms with Gasteiger partial charge in [-0.3, -0.25) is 0 Å². The second-order valence-electron chi connectivity index (χ2n) is 5.70. The van der Waals surface area contributed by atoms with Crippen LogP contribution in [-0.4, -0.2) is 0 Å². The highest BCUT2D eigenvalue weighted by Gasteiger charge is 2.17. The Morgan fingerprint density at radius 1 is 1.14 bits per heavy atom. The number of anilines is 1. The van der Waals surface area contributed by atoms with Gasteiger partial charge in [0.2, 0.25) is 0 Å². The molecule has 0 spiro atoms. The van der Waals surface area contributed by atoms with E-state index in [0.717, 1.165) is 16.2 Å². The van der Waals surface area contributed by atoms with E-state index in [0.29, 0.717) is 11.3 Å². The largest absolute Gasteiger partial charge is 0.398 e. The van der Waals surface area contributed by atoms with Gasteiger partial charge in [0, 0.05) is 9.79 Å². The lowest BCUT2D eigenvalue weighted by Crippen LogP contribution is -2.14. The maximum atomic E-state index is 9.22. The molecule has 2 N–H and O–H groups in total. The molecule has 0 bridgehead atoms. The van der Waals surface area contributed by atoms with Crippen molar-refractivity contribution in [2.45, 2.75) is 42.4 Å². The van der Waals surface area contributed by atoms with Crippen LogP contribution in [0.15, 0.2) is 52.3 Å². The standard InChI is InChI=1S/C18H20N2S/c1-4-18(2,3)13-8-10-14(11-9-13)21-17-7-5-6-16(20)15(17)12-19/h5-11H,4,20H2,1-3H3. The smallest absolute Gasteiger partial charge is 0.102 e. The highest BCUT2D eigenvalue weighted by atomic mass is 32.2. The Bertz CT molecular complexity index is 667. The number of hydrogen-bond donors (Lipinski definition) is 1. The van der Waals surface area contributed by atoms with Crippen molar-refractivity contribution in [1.29, 1.82) is 5.26 Å². The minimum Gasteiger partial charge on any atom is -0.398 e. The highest BCUT2D eigenvalue weighted by Crippen LogP contribution is 2.34. The lowest BCUT2D eigenvalue weighted by Gasteiger charge is -2.23. The zero-order valence-corrected chi connectivity index (χ0v) is 13.5. The molecule has 108 valence electrons. The summed E-state index contributed by atoms with van der Waals surface area (Å²) in [4.78, 5) is 2.02. The lowest BCUT2D eigenvalue weighted by molar-refractivity contribution is 0.506. The Morgan fingerprint density at radius 2 is 1.81 bits per heavy atom. The molecule has 0 fully saturated rings. The van der Waals surface area contributed by atoms with Crippen LogP contribution in [0.1, 0.15) is 38.3 Å². The predicted molar refractivity (Wildman–Crippen MR) is 89.5 cm³/mol. The fourth-order valence-electron chi connectivity index (χ4n) is 2.06. The third-order valence-electron chi connectivity index (χ3n) is 3.92. The molecule has 2 aromatic carbocycles. The van der Waals surface area contributed by atoms with Crippen LogP contribution < -0.4 is 5.73 Å². The fraction of sp³-hybridized carbons (Fsp3) is 0.278. The number of hydrogen-bond acceptors (Lipinski definition) is 3. The lowest BCUT2D eigenvalue weighted by atomic mass is 9.82. The van der Waals surface area contributed by atoms with Crippen molar-refractivity contribution in [2.24, 2.45) is 0 Å². The van der Waals surface area contributed by atoms with Crippen LogP contribution in [0.5, 0.6) is 0 Å². The number of nitrogens with two attached hydrogens (primary N) is 1. The van der Waals surface area contributed by atoms with E-state index in [-0.39, 0.29) is 5.41 Å². The molecule has 2 nitrogen and oxygen atoms in total. The topological polar surface area (TPSA) is 49.8 Å². The van der Waals surface area contributed by atoms with Crippen LogP contribution in [0.25, 0.3) is 0 Å². The summed E-state index contributed by atoms with van der Waals surface area (Å²) in [6.45, 7) is 6.70. The van der Waals surface area contributed by atoms with E-state index >= 15 is 0 Å². The van der Waals surface area contributed by atoms with Crippen molar-refractivity contribution in [1.82, 2.24) is 0 Å². The maximum absolute atomic E-state index is 9.22. The molecule has 0 aliphatic heterocycles. The van der Waals surface area contributed by atoms with Gasteiger partial charge in [-0.2, -0.15) is 5.26 Å². The fourth-order valence-corrected chi connectivity index (χ4v) is 3.00. The zero-order valence-electron chi connectivity index (χ0n) is 12.7. The number of nitrogen functional groups attached to an aromatic ring is 1. The minimum atomic E-state index is 0.193. The van der Waals surface area contributed by atoms with Gasteiger partial charge < -0.3 is 5.73 Å². The van der Waals surface area contributed by atoms with Crippen molar-refractivity contribution in [3.63, 3.8) is 0 Å². The Morgan fingerprint density at radius 3 is 2.38 bits per heavy atom. The molecule has 0 unspecified atom stereocenters. The van der Waals surface area contributed by atoms with E-state index in [1.54, 1.807) is 17.8 Å². The van der Waals surface area contributed by atoms with Crippen LogP contribution in [-0.2, 0) is 5.41 Å². The zero-order chi connectivity index (χ0) is 15.5. The summed E-state index contributed by atoms with van der Waals surface area (Å²) in [5.41, 5.74) is 8.47. The van der Waals surface area contributed by atoms with E-state index < -0.39 is 0 Å². The van der Waals surface area contributed by atoms with Crippen LogP contribution >= 0.6 is 11.8 Å². The summed E-state index contributed by atoms with van der Waals surface area (Å²) >= 11 is 1.58. The van der Waals surface area contributed by atoms with E-state index in [9.17, 15) is 5.26 Å².